The Balaban J connectivity index is 4.64. The highest BCUT2D eigenvalue weighted by molar-refractivity contribution is 5.84. The van der Waals surface area contributed by atoms with Crippen LogP contribution in [0.2, 0.25) is 0 Å². The van der Waals surface area contributed by atoms with E-state index < -0.39 is 5.54 Å². The van der Waals surface area contributed by atoms with Crippen molar-refractivity contribution in [2.24, 2.45) is 5.73 Å². The van der Waals surface area contributed by atoms with Gasteiger partial charge in [-0.15, -0.1) is 0 Å². The summed E-state index contributed by atoms with van der Waals surface area (Å²) in [6, 6.07) is 0.292. The first-order valence-electron chi connectivity index (χ1n) is 5.56. The summed E-state index contributed by atoms with van der Waals surface area (Å²) in [5.74, 6) is -0.213. The molecule has 0 heterocycles. The Kier molecular flexibility index (Phi) is 5.77. The zero-order valence-electron chi connectivity index (χ0n) is 9.89. The van der Waals surface area contributed by atoms with Gasteiger partial charge in [-0.05, 0) is 26.7 Å². The molecule has 0 fully saturated rings. The molecule has 0 aliphatic carbocycles. The fourth-order valence-corrected chi connectivity index (χ4v) is 1.99. The average molecular weight is 200 g/mol. The molecule has 0 radical (unpaired) electrons. The van der Waals surface area contributed by atoms with Gasteiger partial charge in [0.05, 0.1) is 5.54 Å². The second kappa shape index (κ2) is 6.02. The topological polar surface area (TPSA) is 55.1 Å². The van der Waals surface area contributed by atoms with Crippen LogP contribution in [-0.2, 0) is 4.79 Å². The standard InChI is InChI=1S/C11H24N2O/c1-5-7-11(8-6-2,10(12)14)13-9(3)4/h9,13H,5-8H2,1-4H3,(H2,12,14). The zero-order chi connectivity index (χ0) is 11.2. The molecule has 0 saturated heterocycles. The highest BCUT2D eigenvalue weighted by Gasteiger charge is 2.34. The van der Waals surface area contributed by atoms with Crippen LogP contribution >= 0.6 is 0 Å². The Labute approximate surface area is 87.4 Å². The molecule has 1 amide bonds. The molecule has 3 heteroatoms. The van der Waals surface area contributed by atoms with Crippen molar-refractivity contribution in [3.63, 3.8) is 0 Å². The van der Waals surface area contributed by atoms with Gasteiger partial charge in [-0.2, -0.15) is 0 Å². The fourth-order valence-electron chi connectivity index (χ4n) is 1.99. The lowest BCUT2D eigenvalue weighted by molar-refractivity contribution is -0.125. The van der Waals surface area contributed by atoms with Crippen LogP contribution in [0, 0.1) is 0 Å². The number of hydrogen-bond donors (Lipinski definition) is 2. The summed E-state index contributed by atoms with van der Waals surface area (Å²) in [6.45, 7) is 8.25. The molecular weight excluding hydrogens is 176 g/mol. The number of rotatable bonds is 7. The minimum absolute atomic E-state index is 0.213. The van der Waals surface area contributed by atoms with Crippen LogP contribution in [0.1, 0.15) is 53.4 Å². The summed E-state index contributed by atoms with van der Waals surface area (Å²) in [6.07, 6.45) is 3.61. The number of amides is 1. The number of nitrogens with one attached hydrogen (secondary N) is 1. The number of nitrogens with two attached hydrogens (primary N) is 1. The second-order valence-electron chi connectivity index (χ2n) is 4.25. The minimum Gasteiger partial charge on any atom is -0.368 e. The van der Waals surface area contributed by atoms with Crippen molar-refractivity contribution in [2.45, 2.75) is 65.0 Å². The molecular formula is C11H24N2O. The van der Waals surface area contributed by atoms with Gasteiger partial charge >= 0.3 is 0 Å². The Hall–Kier alpha value is -0.570. The molecule has 14 heavy (non-hydrogen) atoms. The van der Waals surface area contributed by atoms with Crippen molar-refractivity contribution in [3.8, 4) is 0 Å². The third kappa shape index (κ3) is 3.66. The lowest BCUT2D eigenvalue weighted by Crippen LogP contribution is -2.57. The van der Waals surface area contributed by atoms with Gasteiger partial charge in [0, 0.05) is 6.04 Å². The molecule has 0 spiro atoms. The Morgan fingerprint density at radius 3 is 1.93 bits per heavy atom. The molecule has 84 valence electrons. The van der Waals surface area contributed by atoms with E-state index >= 15 is 0 Å². The maximum atomic E-state index is 11.5. The van der Waals surface area contributed by atoms with Crippen LogP contribution in [0.3, 0.4) is 0 Å². The first-order chi connectivity index (χ1) is 6.48. The van der Waals surface area contributed by atoms with Crippen LogP contribution in [0.4, 0.5) is 0 Å². The van der Waals surface area contributed by atoms with E-state index in [1.807, 2.05) is 13.8 Å². The van der Waals surface area contributed by atoms with E-state index in [-0.39, 0.29) is 5.91 Å². The first kappa shape index (κ1) is 13.4. The van der Waals surface area contributed by atoms with Gasteiger partial charge in [-0.1, -0.05) is 26.7 Å². The van der Waals surface area contributed by atoms with Crippen molar-refractivity contribution in [3.05, 3.63) is 0 Å². The highest BCUT2D eigenvalue weighted by Crippen LogP contribution is 2.20. The molecule has 0 atom stereocenters. The summed E-state index contributed by atoms with van der Waals surface area (Å²) in [7, 11) is 0. The maximum absolute atomic E-state index is 11.5. The van der Waals surface area contributed by atoms with Crippen LogP contribution < -0.4 is 11.1 Å². The molecule has 0 aliphatic heterocycles. The van der Waals surface area contributed by atoms with E-state index in [4.69, 9.17) is 5.73 Å². The van der Waals surface area contributed by atoms with Crippen molar-refractivity contribution in [1.29, 1.82) is 0 Å². The molecule has 0 bridgehead atoms. The third-order valence-electron chi connectivity index (χ3n) is 2.39. The van der Waals surface area contributed by atoms with Crippen molar-refractivity contribution >= 4 is 5.91 Å². The van der Waals surface area contributed by atoms with Crippen LogP contribution in [0.15, 0.2) is 0 Å². The molecule has 0 aromatic heterocycles. The first-order valence-corrected chi connectivity index (χ1v) is 5.56. The average Bonchev–Trinajstić information content (AvgIpc) is 2.03. The lowest BCUT2D eigenvalue weighted by Gasteiger charge is -2.33. The zero-order valence-corrected chi connectivity index (χ0v) is 9.89. The van der Waals surface area contributed by atoms with Gasteiger partial charge in [0.1, 0.15) is 0 Å². The minimum atomic E-state index is -0.488. The van der Waals surface area contributed by atoms with E-state index in [0.717, 1.165) is 25.7 Å². The van der Waals surface area contributed by atoms with Gasteiger partial charge in [-0.25, -0.2) is 0 Å². The van der Waals surface area contributed by atoms with Crippen LogP contribution in [-0.4, -0.2) is 17.5 Å². The number of hydrogen-bond acceptors (Lipinski definition) is 2. The Bertz CT molecular complexity index is 172. The molecule has 3 N–H and O–H groups in total. The lowest BCUT2D eigenvalue weighted by atomic mass is 9.87. The smallest absolute Gasteiger partial charge is 0.237 e. The predicted molar refractivity (Wildman–Crippen MR) is 60.0 cm³/mol. The largest absolute Gasteiger partial charge is 0.368 e. The number of carbonyl (C=O) groups is 1. The second-order valence-corrected chi connectivity index (χ2v) is 4.25. The van der Waals surface area contributed by atoms with Gasteiger partial charge in [0.15, 0.2) is 0 Å². The summed E-state index contributed by atoms with van der Waals surface area (Å²) in [4.78, 5) is 11.5. The summed E-state index contributed by atoms with van der Waals surface area (Å²) in [5.41, 5.74) is 5.00. The molecule has 0 unspecified atom stereocenters. The van der Waals surface area contributed by atoms with E-state index in [9.17, 15) is 4.79 Å². The van der Waals surface area contributed by atoms with E-state index in [1.54, 1.807) is 0 Å². The number of primary amides is 1. The fraction of sp³-hybridized carbons (Fsp3) is 0.909. The van der Waals surface area contributed by atoms with E-state index in [0.29, 0.717) is 6.04 Å². The molecule has 3 nitrogen and oxygen atoms in total. The van der Waals surface area contributed by atoms with Crippen LogP contribution in [0.5, 0.6) is 0 Å². The Morgan fingerprint density at radius 1 is 1.29 bits per heavy atom. The third-order valence-corrected chi connectivity index (χ3v) is 2.39. The molecule has 0 aromatic carbocycles. The molecule has 0 saturated carbocycles. The number of carbonyl (C=O) groups excluding carboxylic acids is 1. The maximum Gasteiger partial charge on any atom is 0.237 e. The van der Waals surface area contributed by atoms with Crippen molar-refractivity contribution in [2.75, 3.05) is 0 Å². The Morgan fingerprint density at radius 2 is 1.71 bits per heavy atom. The molecule has 0 rings (SSSR count). The van der Waals surface area contributed by atoms with Gasteiger partial charge in [-0.3, -0.25) is 4.79 Å². The normalized spacial score (nSPS) is 12.1. The van der Waals surface area contributed by atoms with E-state index in [2.05, 4.69) is 19.2 Å². The van der Waals surface area contributed by atoms with Gasteiger partial charge in [0.25, 0.3) is 0 Å². The van der Waals surface area contributed by atoms with E-state index in [1.165, 1.54) is 0 Å². The monoisotopic (exact) mass is 200 g/mol. The van der Waals surface area contributed by atoms with Crippen LogP contribution in [0.25, 0.3) is 0 Å². The van der Waals surface area contributed by atoms with Crippen molar-refractivity contribution < 1.29 is 4.79 Å². The molecule has 0 aromatic rings. The highest BCUT2D eigenvalue weighted by atomic mass is 16.1. The SMILES string of the molecule is CCCC(CCC)(NC(C)C)C(N)=O. The van der Waals surface area contributed by atoms with Gasteiger partial charge < -0.3 is 11.1 Å². The summed E-state index contributed by atoms with van der Waals surface area (Å²) >= 11 is 0. The molecule has 0 aliphatic rings. The predicted octanol–water partition coefficient (Wildman–Crippen LogP) is 1.81. The van der Waals surface area contributed by atoms with Crippen molar-refractivity contribution in [1.82, 2.24) is 5.32 Å². The quantitative estimate of drug-likeness (QED) is 0.658. The summed E-state index contributed by atoms with van der Waals surface area (Å²) < 4.78 is 0. The summed E-state index contributed by atoms with van der Waals surface area (Å²) in [5, 5.41) is 3.32. The van der Waals surface area contributed by atoms with Gasteiger partial charge in [0.2, 0.25) is 5.91 Å².